The molecule has 0 aromatic carbocycles. The van der Waals surface area contributed by atoms with Crippen LogP contribution in [0.4, 0.5) is 0 Å². The molecule has 1 aliphatic heterocycles. The molecule has 3 aliphatic carbocycles. The Balaban J connectivity index is 1.80. The van der Waals surface area contributed by atoms with Gasteiger partial charge in [0.1, 0.15) is 0 Å². The molecule has 4 rings (SSSR count). The number of hydrogen-bond donors (Lipinski definition) is 1. The van der Waals surface area contributed by atoms with Crippen molar-refractivity contribution >= 4 is 5.78 Å². The Labute approximate surface area is 139 Å². The minimum atomic E-state index is -0.474. The monoisotopic (exact) mass is 318 g/mol. The molecule has 2 fully saturated rings. The molecule has 0 amide bonds. The highest BCUT2D eigenvalue weighted by atomic mass is 16.6. The van der Waals surface area contributed by atoms with Gasteiger partial charge in [0.25, 0.3) is 0 Å². The van der Waals surface area contributed by atoms with Crippen molar-refractivity contribution in [3.05, 3.63) is 11.1 Å². The van der Waals surface area contributed by atoms with Crippen LogP contribution in [0.1, 0.15) is 66.2 Å². The summed E-state index contributed by atoms with van der Waals surface area (Å²) in [7, 11) is 0. The summed E-state index contributed by atoms with van der Waals surface area (Å²) in [6.45, 7) is 9.91. The van der Waals surface area contributed by atoms with Crippen LogP contribution in [-0.2, 0) is 9.53 Å². The number of epoxide rings is 1. The number of carbonyl (C=O) groups is 1. The fourth-order valence-electron chi connectivity index (χ4n) is 6.24. The number of carbonyl (C=O) groups excluding carboxylic acids is 1. The number of rotatable bonds is 1. The third-order valence-corrected chi connectivity index (χ3v) is 7.58. The fraction of sp³-hybridized carbons (Fsp3) is 0.850. The van der Waals surface area contributed by atoms with Crippen LogP contribution in [0.3, 0.4) is 0 Å². The first kappa shape index (κ1) is 15.8. The van der Waals surface area contributed by atoms with E-state index in [0.29, 0.717) is 18.1 Å². The number of ether oxygens (including phenoxy) is 1. The van der Waals surface area contributed by atoms with E-state index in [-0.39, 0.29) is 22.3 Å². The van der Waals surface area contributed by atoms with Gasteiger partial charge in [0.15, 0.2) is 5.78 Å². The van der Waals surface area contributed by atoms with Gasteiger partial charge in [-0.3, -0.25) is 4.79 Å². The second-order valence-corrected chi connectivity index (χ2v) is 9.70. The van der Waals surface area contributed by atoms with E-state index in [9.17, 15) is 9.90 Å². The van der Waals surface area contributed by atoms with Gasteiger partial charge in [-0.1, -0.05) is 34.1 Å². The third kappa shape index (κ3) is 2.19. The molecule has 0 unspecified atom stereocenters. The molecule has 0 spiro atoms. The predicted octanol–water partition coefficient (Wildman–Crippen LogP) is 3.65. The van der Waals surface area contributed by atoms with Gasteiger partial charge in [-0.2, -0.15) is 0 Å². The Morgan fingerprint density at radius 2 is 1.87 bits per heavy atom. The lowest BCUT2D eigenvalue weighted by Gasteiger charge is -2.57. The molecule has 0 aromatic heterocycles. The zero-order chi connectivity index (χ0) is 16.6. The SMILES string of the molecule is CC1(C)CCC[C@]2(C)C3=C(C[C@@](C)([C@@H]4CO4)C[C@@H]3O)C(=O)C[C@H]12. The first-order valence-corrected chi connectivity index (χ1v) is 9.24. The Morgan fingerprint density at radius 1 is 1.17 bits per heavy atom. The molecular formula is C20H30O3. The maximum Gasteiger partial charge on any atom is 0.159 e. The van der Waals surface area contributed by atoms with Crippen LogP contribution in [0.15, 0.2) is 11.1 Å². The Kier molecular flexibility index (Phi) is 3.23. The normalized spacial score (nSPS) is 48.7. The van der Waals surface area contributed by atoms with Crippen molar-refractivity contribution in [3.8, 4) is 0 Å². The largest absolute Gasteiger partial charge is 0.389 e. The van der Waals surface area contributed by atoms with Gasteiger partial charge >= 0.3 is 0 Å². The van der Waals surface area contributed by atoms with Crippen molar-refractivity contribution in [1.29, 1.82) is 0 Å². The molecule has 0 radical (unpaired) electrons. The van der Waals surface area contributed by atoms with Crippen molar-refractivity contribution in [3.63, 3.8) is 0 Å². The fourth-order valence-corrected chi connectivity index (χ4v) is 6.24. The average molecular weight is 318 g/mol. The number of fused-ring (bicyclic) bond motifs is 2. The summed E-state index contributed by atoms with van der Waals surface area (Å²) < 4.78 is 5.53. The van der Waals surface area contributed by atoms with E-state index in [1.165, 1.54) is 12.8 Å². The Bertz CT molecular complexity index is 586. The molecule has 1 N–H and O–H groups in total. The van der Waals surface area contributed by atoms with Crippen LogP contribution in [0.25, 0.3) is 0 Å². The van der Waals surface area contributed by atoms with E-state index >= 15 is 0 Å². The first-order chi connectivity index (χ1) is 10.7. The molecular weight excluding hydrogens is 288 g/mol. The van der Waals surface area contributed by atoms with Gasteiger partial charge in [0, 0.05) is 11.8 Å². The lowest BCUT2D eigenvalue weighted by Crippen LogP contribution is -2.52. The molecule has 5 atom stereocenters. The molecule has 3 heteroatoms. The number of ketones is 1. The van der Waals surface area contributed by atoms with Crippen LogP contribution < -0.4 is 0 Å². The van der Waals surface area contributed by atoms with E-state index < -0.39 is 6.10 Å². The lowest BCUT2D eigenvalue weighted by molar-refractivity contribution is -0.124. The van der Waals surface area contributed by atoms with Gasteiger partial charge in [-0.05, 0) is 53.6 Å². The van der Waals surface area contributed by atoms with E-state index in [1.807, 2.05) is 0 Å². The number of allylic oxidation sites excluding steroid dienone is 1. The highest BCUT2D eigenvalue weighted by molar-refractivity contribution is 5.98. The number of aliphatic hydroxyl groups excluding tert-OH is 1. The van der Waals surface area contributed by atoms with Gasteiger partial charge in [0.2, 0.25) is 0 Å². The summed E-state index contributed by atoms with van der Waals surface area (Å²) in [6, 6.07) is 0. The number of aliphatic hydroxyl groups is 1. The predicted molar refractivity (Wildman–Crippen MR) is 89.0 cm³/mol. The Morgan fingerprint density at radius 3 is 2.52 bits per heavy atom. The number of Topliss-reactive ketones (excluding diaryl/α,β-unsaturated/α-hetero) is 1. The van der Waals surface area contributed by atoms with E-state index in [4.69, 9.17) is 4.74 Å². The van der Waals surface area contributed by atoms with Gasteiger partial charge in [-0.15, -0.1) is 0 Å². The molecule has 1 heterocycles. The maximum absolute atomic E-state index is 13.0. The summed E-state index contributed by atoms with van der Waals surface area (Å²) in [5.74, 6) is 0.661. The highest BCUT2D eigenvalue weighted by Gasteiger charge is 2.58. The van der Waals surface area contributed by atoms with Crippen LogP contribution in [-0.4, -0.2) is 29.7 Å². The molecule has 1 saturated carbocycles. The number of hydrogen-bond acceptors (Lipinski definition) is 3. The minimum absolute atomic E-state index is 0.00382. The van der Waals surface area contributed by atoms with Crippen molar-refractivity contribution in [1.82, 2.24) is 0 Å². The smallest absolute Gasteiger partial charge is 0.159 e. The maximum atomic E-state index is 13.0. The van der Waals surface area contributed by atoms with Crippen molar-refractivity contribution in [2.45, 2.75) is 78.4 Å². The topological polar surface area (TPSA) is 49.8 Å². The zero-order valence-corrected chi connectivity index (χ0v) is 14.9. The second kappa shape index (κ2) is 4.70. The minimum Gasteiger partial charge on any atom is -0.389 e. The molecule has 3 nitrogen and oxygen atoms in total. The quantitative estimate of drug-likeness (QED) is 0.751. The summed E-state index contributed by atoms with van der Waals surface area (Å²) in [4.78, 5) is 13.0. The summed E-state index contributed by atoms with van der Waals surface area (Å²) in [5.41, 5.74) is 2.17. The van der Waals surface area contributed by atoms with E-state index in [2.05, 4.69) is 27.7 Å². The van der Waals surface area contributed by atoms with Crippen LogP contribution in [0.5, 0.6) is 0 Å². The molecule has 4 aliphatic rings. The van der Waals surface area contributed by atoms with Gasteiger partial charge in [-0.25, -0.2) is 0 Å². The molecule has 23 heavy (non-hydrogen) atoms. The highest BCUT2D eigenvalue weighted by Crippen LogP contribution is 2.62. The van der Waals surface area contributed by atoms with E-state index in [0.717, 1.165) is 37.0 Å². The van der Waals surface area contributed by atoms with Crippen molar-refractivity contribution in [2.24, 2.45) is 22.2 Å². The third-order valence-electron chi connectivity index (χ3n) is 7.58. The summed E-state index contributed by atoms with van der Waals surface area (Å²) in [5, 5.41) is 11.0. The van der Waals surface area contributed by atoms with Gasteiger partial charge < -0.3 is 9.84 Å². The lowest BCUT2D eigenvalue weighted by atomic mass is 9.47. The molecule has 0 bridgehead atoms. The van der Waals surface area contributed by atoms with Crippen LogP contribution in [0.2, 0.25) is 0 Å². The van der Waals surface area contributed by atoms with Crippen LogP contribution in [0, 0.1) is 22.2 Å². The van der Waals surface area contributed by atoms with Crippen LogP contribution >= 0.6 is 0 Å². The molecule has 1 saturated heterocycles. The molecule has 0 aromatic rings. The second-order valence-electron chi connectivity index (χ2n) is 9.70. The van der Waals surface area contributed by atoms with Crippen molar-refractivity contribution in [2.75, 3.05) is 6.61 Å². The molecule has 128 valence electrons. The van der Waals surface area contributed by atoms with E-state index in [1.54, 1.807) is 0 Å². The standard InChI is InChI=1S/C20H30O3/c1-18(2)6-5-7-20(4)15(18)8-13(21)12-9-19(3,16-11-23-16)10-14(22)17(12)20/h14-16,22H,5-11H2,1-4H3/t14-,15+,16-,19+,20-/m0/s1. The average Bonchev–Trinajstić information content (AvgIpc) is 3.25. The Hall–Kier alpha value is -0.670. The summed E-state index contributed by atoms with van der Waals surface area (Å²) >= 11 is 0. The van der Waals surface area contributed by atoms with Crippen molar-refractivity contribution < 1.29 is 14.6 Å². The first-order valence-electron chi connectivity index (χ1n) is 9.24. The zero-order valence-electron chi connectivity index (χ0n) is 14.9. The summed E-state index contributed by atoms with van der Waals surface area (Å²) in [6.07, 6.45) is 5.45. The van der Waals surface area contributed by atoms with Gasteiger partial charge in [0.05, 0.1) is 18.8 Å².